The lowest BCUT2D eigenvalue weighted by Crippen LogP contribution is -2.70. The number of fused-ring (bicyclic) bond motifs is 1. The Bertz CT molecular complexity index is 893. The zero-order valence-electron chi connectivity index (χ0n) is 23.3. The van der Waals surface area contributed by atoms with Crippen LogP contribution in [0.1, 0.15) is 19.3 Å². The first kappa shape index (κ1) is 33.7. The summed E-state index contributed by atoms with van der Waals surface area (Å²) in [6.07, 6.45) is -14.6. The van der Waals surface area contributed by atoms with Gasteiger partial charge >= 0.3 is 0 Å². The van der Waals surface area contributed by atoms with Crippen LogP contribution in [-0.4, -0.2) is 161 Å². The molecule has 3 aliphatic heterocycles. The summed E-state index contributed by atoms with van der Waals surface area (Å²) < 4.78 is 29.5. The van der Waals surface area contributed by atoms with Crippen LogP contribution in [0.5, 0.6) is 0 Å². The second-order valence-corrected chi connectivity index (χ2v) is 11.3. The van der Waals surface area contributed by atoms with E-state index >= 15 is 0 Å². The van der Waals surface area contributed by atoms with Crippen LogP contribution in [0.3, 0.4) is 0 Å². The van der Waals surface area contributed by atoms with Gasteiger partial charge in [0.1, 0.15) is 42.7 Å². The lowest BCUT2D eigenvalue weighted by Gasteiger charge is -2.51. The van der Waals surface area contributed by atoms with Gasteiger partial charge in [0.2, 0.25) is 5.91 Å². The van der Waals surface area contributed by atoms with Crippen molar-refractivity contribution in [2.45, 2.75) is 123 Å². The molecule has 4 fully saturated rings. The average Bonchev–Trinajstić information content (AvgIpc) is 2.94. The van der Waals surface area contributed by atoms with E-state index in [4.69, 9.17) is 46.6 Å². The SMILES string of the molecule is CNC1C(O[C@H]2OC(CO)[C@@H](NC(=O)CCN)[C@H](O)C2O)O[C@H]2CC(N)[C@@H](O[C@@H]3C(N)C[C@@H](N)C(O)[C@H]3O)OC2C1O. The Labute approximate surface area is 242 Å². The second kappa shape index (κ2) is 14.3. The number of hydrogen-bond acceptors (Lipinski definition) is 17. The average molecular weight is 611 g/mol. The normalized spacial score (nSPS) is 49.7. The molecule has 3 saturated heterocycles. The van der Waals surface area contributed by atoms with Crippen LogP contribution in [0.25, 0.3) is 0 Å². The van der Waals surface area contributed by atoms with Gasteiger partial charge in [0.15, 0.2) is 18.9 Å². The minimum absolute atomic E-state index is 0.0299. The van der Waals surface area contributed by atoms with Gasteiger partial charge < -0.3 is 87.9 Å². The lowest BCUT2D eigenvalue weighted by molar-refractivity contribution is -0.373. The van der Waals surface area contributed by atoms with Crippen molar-refractivity contribution >= 4 is 5.91 Å². The smallest absolute Gasteiger partial charge is 0.221 e. The number of aliphatic hydroxyl groups is 6. The number of carbonyl (C=O) groups is 1. The fraction of sp³-hybridized carbons (Fsp3) is 0.958. The molecule has 0 bridgehead atoms. The molecule has 18 nitrogen and oxygen atoms in total. The molecule has 9 unspecified atom stereocenters. The predicted molar refractivity (Wildman–Crippen MR) is 141 cm³/mol. The number of likely N-dealkylation sites (N-methyl/N-ethyl adjacent to an activating group) is 1. The maximum Gasteiger partial charge on any atom is 0.221 e. The van der Waals surface area contributed by atoms with Crippen molar-refractivity contribution < 1.29 is 59.1 Å². The van der Waals surface area contributed by atoms with Crippen LogP contribution in [-0.2, 0) is 28.5 Å². The van der Waals surface area contributed by atoms with E-state index in [1.807, 2.05) is 0 Å². The monoisotopic (exact) mass is 610 g/mol. The Morgan fingerprint density at radius 3 is 2.17 bits per heavy atom. The minimum Gasteiger partial charge on any atom is -0.394 e. The third-order valence-corrected chi connectivity index (χ3v) is 8.39. The van der Waals surface area contributed by atoms with E-state index in [9.17, 15) is 35.4 Å². The standard InChI is InChI=1S/C24H46N6O12/c1-29-14-17(35)21-10(5-9(28)22(41-21)40-20-8(27)4-7(26)15(33)18(20)36)38-23(14)42-24-19(37)16(34)13(11(6-31)39-24)30-12(32)2-3-25/h7-11,13-24,29,31,33-37H,2-6,25-28H2,1H3,(H,30,32)/t7-,8?,9?,10+,11?,13-,14?,15?,16+,17?,18-,19?,20-,21?,22+,23?,24-/m1/s1. The zero-order valence-corrected chi connectivity index (χ0v) is 23.3. The number of carbonyl (C=O) groups excluding carboxylic acids is 1. The van der Waals surface area contributed by atoms with Gasteiger partial charge in [-0.3, -0.25) is 4.79 Å². The van der Waals surface area contributed by atoms with Gasteiger partial charge in [0, 0.05) is 25.0 Å². The van der Waals surface area contributed by atoms with Crippen molar-refractivity contribution in [1.82, 2.24) is 10.6 Å². The van der Waals surface area contributed by atoms with Crippen LogP contribution in [0, 0.1) is 0 Å². The number of rotatable bonds is 9. The topological polar surface area (TPSA) is 313 Å². The van der Waals surface area contributed by atoms with E-state index in [1.54, 1.807) is 0 Å². The Hall–Kier alpha value is -1.17. The highest BCUT2D eigenvalue weighted by Crippen LogP contribution is 2.35. The van der Waals surface area contributed by atoms with E-state index in [0.29, 0.717) is 0 Å². The molecule has 0 aromatic carbocycles. The number of nitrogens with two attached hydrogens (primary N) is 4. The summed E-state index contributed by atoms with van der Waals surface area (Å²) in [6, 6.07) is -4.29. The van der Waals surface area contributed by atoms with Crippen molar-refractivity contribution in [3.8, 4) is 0 Å². The van der Waals surface area contributed by atoms with Gasteiger partial charge in [-0.25, -0.2) is 0 Å². The maximum atomic E-state index is 12.0. The van der Waals surface area contributed by atoms with Crippen molar-refractivity contribution in [2.24, 2.45) is 22.9 Å². The summed E-state index contributed by atoms with van der Waals surface area (Å²) in [4.78, 5) is 12.0. The zero-order chi connectivity index (χ0) is 30.9. The molecule has 244 valence electrons. The lowest BCUT2D eigenvalue weighted by atomic mass is 9.84. The quantitative estimate of drug-likeness (QED) is 0.115. The third-order valence-electron chi connectivity index (χ3n) is 8.39. The predicted octanol–water partition coefficient (Wildman–Crippen LogP) is -7.44. The highest BCUT2D eigenvalue weighted by Gasteiger charge is 2.54. The molecule has 17 atom stereocenters. The fourth-order valence-corrected chi connectivity index (χ4v) is 5.99. The number of nitrogens with one attached hydrogen (secondary N) is 2. The van der Waals surface area contributed by atoms with Crippen molar-refractivity contribution in [1.29, 1.82) is 0 Å². The van der Waals surface area contributed by atoms with E-state index in [2.05, 4.69) is 10.6 Å². The van der Waals surface area contributed by atoms with Gasteiger partial charge in [0.25, 0.3) is 0 Å². The highest BCUT2D eigenvalue weighted by atomic mass is 16.8. The van der Waals surface area contributed by atoms with Gasteiger partial charge in [-0.05, 0) is 19.9 Å². The molecule has 0 radical (unpaired) electrons. The number of hydrogen-bond donors (Lipinski definition) is 12. The first-order valence-electron chi connectivity index (χ1n) is 14.1. The van der Waals surface area contributed by atoms with Crippen molar-refractivity contribution in [3.05, 3.63) is 0 Å². The third kappa shape index (κ3) is 6.89. The van der Waals surface area contributed by atoms with Crippen LogP contribution < -0.4 is 33.6 Å². The summed E-state index contributed by atoms with van der Waals surface area (Å²) in [7, 11) is 1.53. The van der Waals surface area contributed by atoms with Crippen LogP contribution in [0.2, 0.25) is 0 Å². The summed E-state index contributed by atoms with van der Waals surface area (Å²) in [5.74, 6) is -0.495. The molecule has 42 heavy (non-hydrogen) atoms. The van der Waals surface area contributed by atoms with Crippen LogP contribution in [0.15, 0.2) is 0 Å². The Balaban J connectivity index is 1.42. The first-order chi connectivity index (χ1) is 19.9. The van der Waals surface area contributed by atoms with E-state index < -0.39 is 117 Å². The van der Waals surface area contributed by atoms with Gasteiger partial charge in [-0.15, -0.1) is 0 Å². The van der Waals surface area contributed by atoms with Gasteiger partial charge in [-0.2, -0.15) is 0 Å². The maximum absolute atomic E-state index is 12.0. The minimum atomic E-state index is -1.66. The molecular formula is C24H46N6O12. The largest absolute Gasteiger partial charge is 0.394 e. The van der Waals surface area contributed by atoms with E-state index in [0.717, 1.165) is 0 Å². The number of aliphatic hydroxyl groups excluding tert-OH is 6. The Kier molecular flexibility index (Phi) is 11.5. The second-order valence-electron chi connectivity index (χ2n) is 11.3. The molecule has 4 rings (SSSR count). The Morgan fingerprint density at radius 2 is 1.52 bits per heavy atom. The summed E-state index contributed by atoms with van der Waals surface area (Å²) in [5.41, 5.74) is 23.6. The number of ether oxygens (including phenoxy) is 5. The van der Waals surface area contributed by atoms with E-state index in [1.165, 1.54) is 7.05 Å². The summed E-state index contributed by atoms with van der Waals surface area (Å²) in [5, 5.41) is 68.6. The Morgan fingerprint density at radius 1 is 0.810 bits per heavy atom. The molecule has 16 N–H and O–H groups in total. The molecule has 0 spiro atoms. The van der Waals surface area contributed by atoms with Crippen molar-refractivity contribution in [2.75, 3.05) is 20.2 Å². The van der Waals surface area contributed by atoms with Crippen LogP contribution in [0.4, 0.5) is 0 Å². The van der Waals surface area contributed by atoms with Gasteiger partial charge in [0.05, 0.1) is 36.9 Å². The highest BCUT2D eigenvalue weighted by molar-refractivity contribution is 5.76. The molecular weight excluding hydrogens is 564 g/mol. The molecule has 4 aliphatic rings. The van der Waals surface area contributed by atoms with E-state index in [-0.39, 0.29) is 25.8 Å². The molecule has 3 heterocycles. The summed E-state index contributed by atoms with van der Waals surface area (Å²) in [6.45, 7) is -0.547. The molecule has 18 heteroatoms. The fourth-order valence-electron chi connectivity index (χ4n) is 5.99. The van der Waals surface area contributed by atoms with Crippen LogP contribution >= 0.6 is 0 Å². The molecule has 0 aromatic heterocycles. The molecule has 0 aromatic rings. The number of amides is 1. The first-order valence-corrected chi connectivity index (χ1v) is 14.1. The molecule has 1 amide bonds. The van der Waals surface area contributed by atoms with Gasteiger partial charge in [-0.1, -0.05) is 0 Å². The molecule has 1 saturated carbocycles. The van der Waals surface area contributed by atoms with Crippen molar-refractivity contribution in [3.63, 3.8) is 0 Å². The molecule has 1 aliphatic carbocycles. The summed E-state index contributed by atoms with van der Waals surface area (Å²) >= 11 is 0.